The van der Waals surface area contributed by atoms with Gasteiger partial charge in [0, 0.05) is 26.1 Å². The lowest BCUT2D eigenvalue weighted by atomic mass is 9.99. The van der Waals surface area contributed by atoms with Crippen LogP contribution < -0.4 is 4.74 Å². The van der Waals surface area contributed by atoms with E-state index in [4.69, 9.17) is 9.47 Å². The molecule has 1 unspecified atom stereocenters. The Kier molecular flexibility index (Phi) is 5.10. The van der Waals surface area contributed by atoms with Gasteiger partial charge >= 0.3 is 0 Å². The molecule has 0 radical (unpaired) electrons. The summed E-state index contributed by atoms with van der Waals surface area (Å²) in [5, 5.41) is 8.27. The molecule has 2 heterocycles. The van der Waals surface area contributed by atoms with E-state index in [2.05, 4.69) is 10.3 Å². The average Bonchev–Trinajstić information content (AvgIpc) is 2.99. The molecule has 1 aromatic carbocycles. The van der Waals surface area contributed by atoms with Crippen molar-refractivity contribution in [2.75, 3.05) is 26.4 Å². The Bertz CT molecular complexity index is 686. The van der Waals surface area contributed by atoms with Crippen molar-refractivity contribution >= 4 is 5.91 Å². The molecular formula is C17H22N4O3. The number of amides is 1. The third-order valence-corrected chi connectivity index (χ3v) is 4.09. The minimum atomic E-state index is -0.0587. The maximum atomic E-state index is 12.5. The number of nitrogens with zero attached hydrogens (tertiary/aromatic N) is 4. The largest absolute Gasteiger partial charge is 0.484 e. The van der Waals surface area contributed by atoms with Crippen LogP contribution in [0.4, 0.5) is 0 Å². The second-order valence-corrected chi connectivity index (χ2v) is 5.78. The second-order valence-electron chi connectivity index (χ2n) is 5.78. The van der Waals surface area contributed by atoms with Gasteiger partial charge in [0.05, 0.1) is 18.8 Å². The van der Waals surface area contributed by atoms with Gasteiger partial charge in [-0.25, -0.2) is 0 Å². The number of hydrogen-bond acceptors (Lipinski definition) is 5. The summed E-state index contributed by atoms with van der Waals surface area (Å²) < 4.78 is 12.9. The number of fused-ring (bicyclic) bond motifs is 1. The van der Waals surface area contributed by atoms with E-state index >= 15 is 0 Å². The molecule has 128 valence electrons. The number of carbonyl (C=O) groups is 1. The monoisotopic (exact) mass is 330 g/mol. The van der Waals surface area contributed by atoms with E-state index in [9.17, 15) is 4.79 Å². The lowest BCUT2D eigenvalue weighted by molar-refractivity contribution is -0.135. The number of carbonyl (C=O) groups excluding carboxylic acids is 1. The summed E-state index contributed by atoms with van der Waals surface area (Å²) in [6, 6.07) is 9.34. The molecule has 7 nitrogen and oxygen atoms in total. The van der Waals surface area contributed by atoms with Crippen LogP contribution in [0.25, 0.3) is 0 Å². The SMILES string of the molecule is CCOCC1CN(C(=O)COc2ccccc2)Cc2nnn(C)c21. The van der Waals surface area contributed by atoms with Crippen LogP contribution in [0.5, 0.6) is 5.75 Å². The maximum Gasteiger partial charge on any atom is 0.260 e. The van der Waals surface area contributed by atoms with Gasteiger partial charge in [-0.05, 0) is 19.1 Å². The molecule has 0 fully saturated rings. The number of rotatable bonds is 6. The van der Waals surface area contributed by atoms with Gasteiger partial charge < -0.3 is 14.4 Å². The second kappa shape index (κ2) is 7.44. The molecule has 0 N–H and O–H groups in total. The molecule has 0 bridgehead atoms. The smallest absolute Gasteiger partial charge is 0.260 e. The summed E-state index contributed by atoms with van der Waals surface area (Å²) in [6.07, 6.45) is 0. The Hall–Kier alpha value is -2.41. The van der Waals surface area contributed by atoms with Crippen LogP contribution in [-0.2, 0) is 23.1 Å². The van der Waals surface area contributed by atoms with Crippen molar-refractivity contribution in [3.8, 4) is 5.75 Å². The maximum absolute atomic E-state index is 12.5. The van der Waals surface area contributed by atoms with Crippen LogP contribution in [0.15, 0.2) is 30.3 Å². The zero-order chi connectivity index (χ0) is 16.9. The first-order valence-corrected chi connectivity index (χ1v) is 8.10. The molecule has 2 aromatic rings. The van der Waals surface area contributed by atoms with Crippen LogP contribution in [0.1, 0.15) is 24.2 Å². The van der Waals surface area contributed by atoms with Crippen LogP contribution in [0.3, 0.4) is 0 Å². The third kappa shape index (κ3) is 3.56. The van der Waals surface area contributed by atoms with Crippen molar-refractivity contribution in [1.29, 1.82) is 0 Å². The van der Waals surface area contributed by atoms with Crippen molar-refractivity contribution in [2.24, 2.45) is 7.05 Å². The number of benzene rings is 1. The van der Waals surface area contributed by atoms with E-state index in [1.807, 2.05) is 44.3 Å². The van der Waals surface area contributed by atoms with Gasteiger partial charge in [0.1, 0.15) is 11.4 Å². The van der Waals surface area contributed by atoms with Crippen LogP contribution in [-0.4, -0.2) is 52.2 Å². The molecule has 1 amide bonds. The standard InChI is InChI=1S/C17H22N4O3/c1-3-23-11-13-9-21(10-15-17(13)20(2)19-18-15)16(22)12-24-14-7-5-4-6-8-14/h4-8,13H,3,9-12H2,1-2H3. The summed E-state index contributed by atoms with van der Waals surface area (Å²) in [6.45, 7) is 4.22. The number of ether oxygens (including phenoxy) is 2. The van der Waals surface area contributed by atoms with Gasteiger partial charge in [-0.1, -0.05) is 23.4 Å². The predicted molar refractivity (Wildman–Crippen MR) is 87.6 cm³/mol. The van der Waals surface area contributed by atoms with Gasteiger partial charge in [0.2, 0.25) is 0 Å². The molecule has 0 saturated carbocycles. The fourth-order valence-corrected chi connectivity index (χ4v) is 2.95. The molecule has 1 atom stereocenters. The average molecular weight is 330 g/mol. The lowest BCUT2D eigenvalue weighted by Gasteiger charge is -2.32. The Labute approximate surface area is 141 Å². The first-order chi connectivity index (χ1) is 11.7. The lowest BCUT2D eigenvalue weighted by Crippen LogP contribution is -2.42. The van der Waals surface area contributed by atoms with E-state index in [0.29, 0.717) is 32.1 Å². The van der Waals surface area contributed by atoms with E-state index < -0.39 is 0 Å². The quantitative estimate of drug-likeness (QED) is 0.800. The van der Waals surface area contributed by atoms with Gasteiger partial charge in [-0.15, -0.1) is 5.10 Å². The molecule has 0 spiro atoms. The molecule has 3 rings (SSSR count). The highest BCUT2D eigenvalue weighted by atomic mass is 16.5. The molecule has 0 saturated heterocycles. The topological polar surface area (TPSA) is 69.5 Å². The van der Waals surface area contributed by atoms with E-state index in [-0.39, 0.29) is 18.4 Å². The first kappa shape index (κ1) is 16.4. The van der Waals surface area contributed by atoms with Gasteiger partial charge in [-0.3, -0.25) is 9.48 Å². The van der Waals surface area contributed by atoms with Crippen molar-refractivity contribution in [2.45, 2.75) is 19.4 Å². The van der Waals surface area contributed by atoms with Crippen molar-refractivity contribution in [3.05, 3.63) is 41.7 Å². The van der Waals surface area contributed by atoms with Crippen LogP contribution in [0.2, 0.25) is 0 Å². The summed E-state index contributed by atoms with van der Waals surface area (Å²) >= 11 is 0. The summed E-state index contributed by atoms with van der Waals surface area (Å²) in [4.78, 5) is 14.3. The number of para-hydroxylation sites is 1. The van der Waals surface area contributed by atoms with Crippen LogP contribution >= 0.6 is 0 Å². The highest BCUT2D eigenvalue weighted by molar-refractivity contribution is 5.78. The van der Waals surface area contributed by atoms with Crippen LogP contribution in [0, 0.1) is 0 Å². The zero-order valence-corrected chi connectivity index (χ0v) is 14.0. The third-order valence-electron chi connectivity index (χ3n) is 4.09. The Balaban J connectivity index is 1.67. The molecule has 1 aliphatic heterocycles. The minimum absolute atomic E-state index is 0.0148. The Morgan fingerprint density at radius 3 is 2.88 bits per heavy atom. The fourth-order valence-electron chi connectivity index (χ4n) is 2.95. The normalized spacial score (nSPS) is 16.8. The molecule has 24 heavy (non-hydrogen) atoms. The number of aromatic nitrogens is 3. The Morgan fingerprint density at radius 2 is 2.12 bits per heavy atom. The predicted octanol–water partition coefficient (Wildman–Crippen LogP) is 1.36. The highest BCUT2D eigenvalue weighted by Crippen LogP contribution is 2.27. The summed E-state index contributed by atoms with van der Waals surface area (Å²) in [7, 11) is 1.88. The van der Waals surface area contributed by atoms with Gasteiger partial charge in [0.25, 0.3) is 5.91 Å². The zero-order valence-electron chi connectivity index (χ0n) is 14.0. The minimum Gasteiger partial charge on any atom is -0.484 e. The molecule has 1 aliphatic rings. The van der Waals surface area contributed by atoms with E-state index in [1.54, 1.807) is 9.58 Å². The molecule has 7 heteroatoms. The van der Waals surface area contributed by atoms with E-state index in [1.165, 1.54) is 0 Å². The number of hydrogen-bond donors (Lipinski definition) is 0. The number of aryl methyl sites for hydroxylation is 1. The fraction of sp³-hybridized carbons (Fsp3) is 0.471. The van der Waals surface area contributed by atoms with Crippen molar-refractivity contribution < 1.29 is 14.3 Å². The van der Waals surface area contributed by atoms with Crippen molar-refractivity contribution in [1.82, 2.24) is 19.9 Å². The molecular weight excluding hydrogens is 308 g/mol. The van der Waals surface area contributed by atoms with Gasteiger partial charge in [0.15, 0.2) is 6.61 Å². The van der Waals surface area contributed by atoms with Gasteiger partial charge in [-0.2, -0.15) is 0 Å². The highest BCUT2D eigenvalue weighted by Gasteiger charge is 2.32. The summed E-state index contributed by atoms with van der Waals surface area (Å²) in [5.41, 5.74) is 1.89. The molecule has 0 aliphatic carbocycles. The molecule has 1 aromatic heterocycles. The first-order valence-electron chi connectivity index (χ1n) is 8.10. The van der Waals surface area contributed by atoms with Crippen molar-refractivity contribution in [3.63, 3.8) is 0 Å². The summed E-state index contributed by atoms with van der Waals surface area (Å²) in [5.74, 6) is 0.708. The van der Waals surface area contributed by atoms with E-state index in [0.717, 1.165) is 11.4 Å². The Morgan fingerprint density at radius 1 is 1.33 bits per heavy atom.